The third-order valence-electron chi connectivity index (χ3n) is 2.53. The van der Waals surface area contributed by atoms with Crippen LogP contribution in [-0.2, 0) is 9.59 Å². The van der Waals surface area contributed by atoms with Gasteiger partial charge in [0, 0.05) is 5.56 Å². The molecule has 1 aromatic rings. The lowest BCUT2D eigenvalue weighted by atomic mass is 10.2. The lowest BCUT2D eigenvalue weighted by Crippen LogP contribution is -2.47. The molecule has 0 bridgehead atoms. The van der Waals surface area contributed by atoms with Gasteiger partial charge in [0.25, 0.3) is 5.91 Å². The molecule has 6 nitrogen and oxygen atoms in total. The Bertz CT molecular complexity index is 459. The van der Waals surface area contributed by atoms with Crippen LogP contribution < -0.4 is 16.4 Å². The highest BCUT2D eigenvalue weighted by molar-refractivity contribution is 5.96. The first-order chi connectivity index (χ1) is 9.04. The van der Waals surface area contributed by atoms with E-state index in [1.54, 1.807) is 37.3 Å². The molecule has 102 valence electrons. The number of hydrogen-bond donors (Lipinski definition) is 3. The lowest BCUT2D eigenvalue weighted by Gasteiger charge is -2.13. The van der Waals surface area contributed by atoms with Crippen LogP contribution in [0.3, 0.4) is 0 Å². The Hall–Kier alpha value is -2.37. The highest BCUT2D eigenvalue weighted by Crippen LogP contribution is 1.97. The first kappa shape index (κ1) is 14.7. The Morgan fingerprint density at radius 2 is 1.84 bits per heavy atom. The Labute approximate surface area is 111 Å². The van der Waals surface area contributed by atoms with Gasteiger partial charge in [-0.25, -0.2) is 0 Å². The van der Waals surface area contributed by atoms with E-state index < -0.39 is 17.9 Å². The van der Waals surface area contributed by atoms with Crippen LogP contribution in [0.1, 0.15) is 23.7 Å². The number of nitrogens with two attached hydrogens (primary N) is 1. The van der Waals surface area contributed by atoms with E-state index in [4.69, 9.17) is 5.73 Å². The van der Waals surface area contributed by atoms with Gasteiger partial charge < -0.3 is 16.4 Å². The van der Waals surface area contributed by atoms with Crippen molar-refractivity contribution >= 4 is 17.7 Å². The van der Waals surface area contributed by atoms with Gasteiger partial charge in [-0.1, -0.05) is 25.1 Å². The summed E-state index contributed by atoms with van der Waals surface area (Å²) in [7, 11) is 0. The van der Waals surface area contributed by atoms with Gasteiger partial charge >= 0.3 is 0 Å². The molecule has 4 N–H and O–H groups in total. The van der Waals surface area contributed by atoms with E-state index >= 15 is 0 Å². The van der Waals surface area contributed by atoms with Gasteiger partial charge in [-0.2, -0.15) is 0 Å². The Morgan fingerprint density at radius 1 is 1.21 bits per heavy atom. The molecule has 1 aromatic carbocycles. The topological polar surface area (TPSA) is 101 Å². The molecule has 0 heterocycles. The van der Waals surface area contributed by atoms with Gasteiger partial charge in [0.05, 0.1) is 6.54 Å². The van der Waals surface area contributed by atoms with E-state index in [0.717, 1.165) is 0 Å². The molecule has 0 saturated carbocycles. The summed E-state index contributed by atoms with van der Waals surface area (Å²) in [4.78, 5) is 34.1. The van der Waals surface area contributed by atoms with Crippen LogP contribution in [0, 0.1) is 0 Å². The standard InChI is InChI=1S/C13H17N3O3/c1-2-10(12(14)18)16-11(17)8-15-13(19)9-6-4-3-5-7-9/h3-7,10H,2,8H2,1H3,(H2,14,18)(H,15,19)(H,16,17)/t10-/m0/s1. The average molecular weight is 263 g/mol. The molecule has 0 saturated heterocycles. The Kier molecular flexibility index (Phi) is 5.53. The maximum atomic E-state index is 11.7. The van der Waals surface area contributed by atoms with Crippen molar-refractivity contribution in [3.05, 3.63) is 35.9 Å². The van der Waals surface area contributed by atoms with Crippen LogP contribution in [0.5, 0.6) is 0 Å². The second kappa shape index (κ2) is 7.15. The van der Waals surface area contributed by atoms with E-state index in [1.165, 1.54) is 0 Å². The third kappa shape index (κ3) is 4.79. The molecule has 1 atom stereocenters. The van der Waals surface area contributed by atoms with Gasteiger partial charge in [-0.15, -0.1) is 0 Å². The predicted octanol–water partition coefficient (Wildman–Crippen LogP) is -0.203. The Balaban J connectivity index is 2.42. The number of hydrogen-bond acceptors (Lipinski definition) is 3. The van der Waals surface area contributed by atoms with E-state index in [2.05, 4.69) is 10.6 Å². The van der Waals surface area contributed by atoms with Crippen molar-refractivity contribution in [1.29, 1.82) is 0 Å². The number of nitrogens with one attached hydrogen (secondary N) is 2. The minimum atomic E-state index is -0.707. The summed E-state index contributed by atoms with van der Waals surface area (Å²) in [6.07, 6.45) is 0.410. The minimum Gasteiger partial charge on any atom is -0.368 e. The maximum absolute atomic E-state index is 11.7. The monoisotopic (exact) mass is 263 g/mol. The molecular formula is C13H17N3O3. The first-order valence-corrected chi connectivity index (χ1v) is 5.96. The molecule has 0 radical (unpaired) electrons. The molecular weight excluding hydrogens is 246 g/mol. The summed E-state index contributed by atoms with van der Waals surface area (Å²) in [6.45, 7) is 1.54. The van der Waals surface area contributed by atoms with Crippen LogP contribution in [0.4, 0.5) is 0 Å². The van der Waals surface area contributed by atoms with Crippen molar-refractivity contribution < 1.29 is 14.4 Å². The molecule has 0 aliphatic heterocycles. The number of rotatable bonds is 6. The summed E-state index contributed by atoms with van der Waals surface area (Å²) >= 11 is 0. The number of amides is 3. The van der Waals surface area contributed by atoms with E-state index in [1.807, 2.05) is 0 Å². The fourth-order valence-electron chi connectivity index (χ4n) is 1.47. The molecule has 0 fully saturated rings. The van der Waals surface area contributed by atoms with Gasteiger partial charge in [0.1, 0.15) is 6.04 Å². The van der Waals surface area contributed by atoms with E-state index in [0.29, 0.717) is 12.0 Å². The van der Waals surface area contributed by atoms with Crippen LogP contribution in [0.2, 0.25) is 0 Å². The van der Waals surface area contributed by atoms with Crippen LogP contribution in [-0.4, -0.2) is 30.3 Å². The molecule has 19 heavy (non-hydrogen) atoms. The molecule has 1 rings (SSSR count). The quantitative estimate of drug-likeness (QED) is 0.662. The predicted molar refractivity (Wildman–Crippen MR) is 70.2 cm³/mol. The lowest BCUT2D eigenvalue weighted by molar-refractivity contribution is -0.126. The second-order valence-electron chi connectivity index (χ2n) is 3.98. The van der Waals surface area contributed by atoms with Gasteiger partial charge in [-0.05, 0) is 18.6 Å². The minimum absolute atomic E-state index is 0.197. The number of primary amides is 1. The zero-order valence-corrected chi connectivity index (χ0v) is 10.7. The smallest absolute Gasteiger partial charge is 0.251 e. The van der Waals surface area contributed by atoms with Crippen molar-refractivity contribution in [2.45, 2.75) is 19.4 Å². The van der Waals surface area contributed by atoms with Crippen LogP contribution >= 0.6 is 0 Å². The molecule has 0 aromatic heterocycles. The molecule has 6 heteroatoms. The van der Waals surface area contributed by atoms with Crippen molar-refractivity contribution in [3.63, 3.8) is 0 Å². The van der Waals surface area contributed by atoms with Crippen molar-refractivity contribution in [2.24, 2.45) is 5.73 Å². The highest BCUT2D eigenvalue weighted by Gasteiger charge is 2.16. The molecule has 3 amide bonds. The number of carbonyl (C=O) groups excluding carboxylic acids is 3. The summed E-state index contributed by atoms with van der Waals surface area (Å²) in [5, 5.41) is 4.91. The summed E-state index contributed by atoms with van der Waals surface area (Å²) in [5.41, 5.74) is 5.57. The summed E-state index contributed by atoms with van der Waals surface area (Å²) < 4.78 is 0. The molecule has 0 unspecified atom stereocenters. The van der Waals surface area contributed by atoms with E-state index in [-0.39, 0.29) is 12.5 Å². The molecule has 0 aliphatic rings. The average Bonchev–Trinajstić information content (AvgIpc) is 2.42. The zero-order chi connectivity index (χ0) is 14.3. The largest absolute Gasteiger partial charge is 0.368 e. The third-order valence-corrected chi connectivity index (χ3v) is 2.53. The zero-order valence-electron chi connectivity index (χ0n) is 10.7. The van der Waals surface area contributed by atoms with Crippen molar-refractivity contribution in [3.8, 4) is 0 Å². The number of carbonyl (C=O) groups is 3. The van der Waals surface area contributed by atoms with E-state index in [9.17, 15) is 14.4 Å². The fraction of sp³-hybridized carbons (Fsp3) is 0.308. The van der Waals surface area contributed by atoms with Crippen LogP contribution in [0.25, 0.3) is 0 Å². The highest BCUT2D eigenvalue weighted by atomic mass is 16.2. The SMILES string of the molecule is CC[C@H](NC(=O)CNC(=O)c1ccccc1)C(N)=O. The number of benzene rings is 1. The van der Waals surface area contributed by atoms with Crippen molar-refractivity contribution in [1.82, 2.24) is 10.6 Å². The maximum Gasteiger partial charge on any atom is 0.251 e. The molecule has 0 spiro atoms. The normalized spacial score (nSPS) is 11.4. The summed E-state index contributed by atoms with van der Waals surface area (Å²) in [6, 6.07) is 7.84. The second-order valence-corrected chi connectivity index (χ2v) is 3.98. The molecule has 0 aliphatic carbocycles. The van der Waals surface area contributed by atoms with Gasteiger partial charge in [0.2, 0.25) is 11.8 Å². The van der Waals surface area contributed by atoms with Gasteiger partial charge in [0.15, 0.2) is 0 Å². The summed E-state index contributed by atoms with van der Waals surface area (Å²) in [5.74, 6) is -1.39. The first-order valence-electron chi connectivity index (χ1n) is 5.96. The van der Waals surface area contributed by atoms with Crippen LogP contribution in [0.15, 0.2) is 30.3 Å². The van der Waals surface area contributed by atoms with Gasteiger partial charge in [-0.3, -0.25) is 14.4 Å². The van der Waals surface area contributed by atoms with Crippen molar-refractivity contribution in [2.75, 3.05) is 6.54 Å². The fourth-order valence-corrected chi connectivity index (χ4v) is 1.47. The Morgan fingerprint density at radius 3 is 2.37 bits per heavy atom.